The molecule has 1 heterocycles. The van der Waals surface area contributed by atoms with E-state index in [1.54, 1.807) is 24.3 Å². The monoisotopic (exact) mass is 383 g/mol. The zero-order chi connectivity index (χ0) is 19.8. The summed E-state index contributed by atoms with van der Waals surface area (Å²) in [6, 6.07) is 10.7. The highest BCUT2D eigenvalue weighted by Gasteiger charge is 2.46. The number of ether oxygens (including phenoxy) is 2. The van der Waals surface area contributed by atoms with E-state index in [1.807, 2.05) is 0 Å². The minimum absolute atomic E-state index is 0.00786. The number of hydrogen-bond acceptors (Lipinski definition) is 5. The molecule has 1 amide bonds. The summed E-state index contributed by atoms with van der Waals surface area (Å²) in [6.07, 6.45) is -0.339. The molecular weight excluding hydrogens is 365 g/mol. The van der Waals surface area contributed by atoms with Crippen molar-refractivity contribution in [2.75, 3.05) is 11.9 Å². The molecule has 7 heteroatoms. The van der Waals surface area contributed by atoms with Crippen molar-refractivity contribution < 1.29 is 28.2 Å². The van der Waals surface area contributed by atoms with Crippen LogP contribution in [0.5, 0.6) is 5.75 Å². The minimum atomic E-state index is -0.958. The van der Waals surface area contributed by atoms with Crippen molar-refractivity contribution in [3.05, 3.63) is 59.4 Å². The van der Waals surface area contributed by atoms with E-state index in [2.05, 4.69) is 5.32 Å². The molecule has 1 saturated carbocycles. The topological polar surface area (TPSA) is 81.7 Å². The van der Waals surface area contributed by atoms with Crippen molar-refractivity contribution in [3.8, 4) is 5.75 Å². The van der Waals surface area contributed by atoms with Crippen LogP contribution in [-0.2, 0) is 14.3 Å². The predicted molar refractivity (Wildman–Crippen MR) is 97.7 cm³/mol. The molecule has 0 saturated heterocycles. The molecule has 1 N–H and O–H groups in total. The Hall–Kier alpha value is -3.22. The standard InChI is InChI=1S/C21H18FNO5/c1-11(20(25)13-4-7-18-17(8-13)23-19(24)10-27-18)28-21(26)16-9-15(16)12-2-5-14(22)6-3-12/h2-8,11,15-16H,9-10H2,1H3,(H,23,24)/t11-,15-,16+/m0/s1. The molecule has 6 nitrogen and oxygen atoms in total. The maximum atomic E-state index is 13.0. The number of carbonyl (C=O) groups excluding carboxylic acids is 3. The molecule has 0 bridgehead atoms. The largest absolute Gasteiger partial charge is 0.482 e. The molecular formula is C21H18FNO5. The molecule has 1 fully saturated rings. The number of rotatable bonds is 5. The van der Waals surface area contributed by atoms with Gasteiger partial charge in [0, 0.05) is 5.56 Å². The Morgan fingerprint density at radius 3 is 2.71 bits per heavy atom. The van der Waals surface area contributed by atoms with E-state index in [1.165, 1.54) is 25.1 Å². The van der Waals surface area contributed by atoms with Crippen molar-refractivity contribution in [2.24, 2.45) is 5.92 Å². The fourth-order valence-corrected chi connectivity index (χ4v) is 3.32. The smallest absolute Gasteiger partial charge is 0.310 e. The van der Waals surface area contributed by atoms with Gasteiger partial charge in [-0.2, -0.15) is 0 Å². The number of nitrogens with one attached hydrogen (secondary N) is 1. The van der Waals surface area contributed by atoms with Gasteiger partial charge < -0.3 is 14.8 Å². The minimum Gasteiger partial charge on any atom is -0.482 e. The molecule has 2 aromatic carbocycles. The molecule has 0 aromatic heterocycles. The van der Waals surface area contributed by atoms with Crippen LogP contribution in [0.2, 0.25) is 0 Å². The third-order valence-electron chi connectivity index (χ3n) is 4.95. The maximum absolute atomic E-state index is 13.0. The second-order valence-corrected chi connectivity index (χ2v) is 6.99. The maximum Gasteiger partial charge on any atom is 0.310 e. The highest BCUT2D eigenvalue weighted by atomic mass is 19.1. The summed E-state index contributed by atoms with van der Waals surface area (Å²) in [4.78, 5) is 36.4. The fourth-order valence-electron chi connectivity index (χ4n) is 3.32. The van der Waals surface area contributed by atoms with Gasteiger partial charge in [0.05, 0.1) is 11.6 Å². The number of esters is 1. The number of benzene rings is 2. The Kier molecular flexibility index (Phi) is 4.58. The van der Waals surface area contributed by atoms with Crippen LogP contribution in [0.4, 0.5) is 10.1 Å². The molecule has 2 aromatic rings. The molecule has 0 unspecified atom stereocenters. The fraction of sp³-hybridized carbons (Fsp3) is 0.286. The third-order valence-corrected chi connectivity index (χ3v) is 4.95. The average Bonchev–Trinajstić information content (AvgIpc) is 3.48. The number of halogens is 1. The van der Waals surface area contributed by atoms with Crippen molar-refractivity contribution in [2.45, 2.75) is 25.4 Å². The van der Waals surface area contributed by atoms with Crippen LogP contribution in [0, 0.1) is 11.7 Å². The summed E-state index contributed by atoms with van der Waals surface area (Å²) in [5, 5.41) is 2.64. The summed E-state index contributed by atoms with van der Waals surface area (Å²) in [7, 11) is 0. The molecule has 1 aliphatic carbocycles. The first-order valence-corrected chi connectivity index (χ1v) is 8.99. The van der Waals surface area contributed by atoms with Gasteiger partial charge in [-0.1, -0.05) is 12.1 Å². The Morgan fingerprint density at radius 1 is 1.21 bits per heavy atom. The summed E-state index contributed by atoms with van der Waals surface area (Å²) in [6.45, 7) is 1.45. The van der Waals surface area contributed by atoms with Crippen LogP contribution in [0.25, 0.3) is 0 Å². The molecule has 0 spiro atoms. The summed E-state index contributed by atoms with van der Waals surface area (Å²) < 4.78 is 23.6. The zero-order valence-corrected chi connectivity index (χ0v) is 15.1. The summed E-state index contributed by atoms with van der Waals surface area (Å²) in [5.74, 6) is -1.27. The van der Waals surface area contributed by atoms with Gasteiger partial charge in [0.15, 0.2) is 12.7 Å². The Balaban J connectivity index is 1.38. The average molecular weight is 383 g/mol. The number of anilines is 1. The van der Waals surface area contributed by atoms with Crippen LogP contribution in [0.15, 0.2) is 42.5 Å². The Morgan fingerprint density at radius 2 is 1.96 bits per heavy atom. The lowest BCUT2D eigenvalue weighted by Gasteiger charge is -2.19. The number of carbonyl (C=O) groups is 3. The predicted octanol–water partition coefficient (Wildman–Crippen LogP) is 3.07. The first kappa shape index (κ1) is 18.2. The van der Waals surface area contributed by atoms with Crippen LogP contribution >= 0.6 is 0 Å². The van der Waals surface area contributed by atoms with Gasteiger partial charge >= 0.3 is 5.97 Å². The molecule has 0 radical (unpaired) electrons. The van der Waals surface area contributed by atoms with Gasteiger partial charge in [0.1, 0.15) is 11.6 Å². The number of hydrogen-bond donors (Lipinski definition) is 1. The van der Waals surface area contributed by atoms with Crippen molar-refractivity contribution in [3.63, 3.8) is 0 Å². The normalized spacial score (nSPS) is 21.0. The third kappa shape index (κ3) is 3.60. The molecule has 2 aliphatic rings. The van der Waals surface area contributed by atoms with Crippen LogP contribution in [-0.4, -0.2) is 30.4 Å². The Bertz CT molecular complexity index is 956. The molecule has 3 atom stereocenters. The second-order valence-electron chi connectivity index (χ2n) is 6.99. The first-order valence-electron chi connectivity index (χ1n) is 8.99. The van der Waals surface area contributed by atoms with Crippen LogP contribution in [0.1, 0.15) is 35.2 Å². The second kappa shape index (κ2) is 7.07. The van der Waals surface area contributed by atoms with Crippen LogP contribution < -0.4 is 10.1 Å². The van der Waals surface area contributed by atoms with Gasteiger partial charge in [0.2, 0.25) is 5.78 Å². The lowest BCUT2D eigenvalue weighted by Crippen LogP contribution is -2.27. The number of Topliss-reactive ketones (excluding diaryl/α,β-unsaturated/α-hetero) is 1. The lowest BCUT2D eigenvalue weighted by atomic mass is 10.1. The van der Waals surface area contributed by atoms with Gasteiger partial charge in [-0.25, -0.2) is 4.39 Å². The van der Waals surface area contributed by atoms with Gasteiger partial charge in [-0.3, -0.25) is 14.4 Å². The molecule has 1 aliphatic heterocycles. The van der Waals surface area contributed by atoms with E-state index >= 15 is 0 Å². The van der Waals surface area contributed by atoms with Crippen molar-refractivity contribution in [1.82, 2.24) is 0 Å². The van der Waals surface area contributed by atoms with E-state index < -0.39 is 12.1 Å². The summed E-state index contributed by atoms with van der Waals surface area (Å²) >= 11 is 0. The molecule has 144 valence electrons. The Labute approximate surface area is 160 Å². The summed E-state index contributed by atoms with van der Waals surface area (Å²) in [5.41, 5.74) is 1.61. The van der Waals surface area contributed by atoms with E-state index in [9.17, 15) is 18.8 Å². The van der Waals surface area contributed by atoms with Gasteiger partial charge in [-0.15, -0.1) is 0 Å². The first-order chi connectivity index (χ1) is 13.4. The van der Waals surface area contributed by atoms with Gasteiger partial charge in [-0.05, 0) is 55.2 Å². The van der Waals surface area contributed by atoms with E-state index in [-0.39, 0.29) is 36.0 Å². The van der Waals surface area contributed by atoms with Crippen molar-refractivity contribution >= 4 is 23.3 Å². The van der Waals surface area contributed by atoms with Crippen molar-refractivity contribution in [1.29, 1.82) is 0 Å². The lowest BCUT2D eigenvalue weighted by molar-refractivity contribution is -0.148. The zero-order valence-electron chi connectivity index (χ0n) is 15.1. The molecule has 4 rings (SSSR count). The number of amides is 1. The molecule has 28 heavy (non-hydrogen) atoms. The van der Waals surface area contributed by atoms with E-state index in [0.717, 1.165) is 5.56 Å². The number of ketones is 1. The highest BCUT2D eigenvalue weighted by molar-refractivity contribution is 6.03. The van der Waals surface area contributed by atoms with Crippen LogP contribution in [0.3, 0.4) is 0 Å². The SMILES string of the molecule is C[C@H](OC(=O)[C@@H]1C[C@H]1c1ccc(F)cc1)C(=O)c1ccc2c(c1)NC(=O)CO2. The van der Waals surface area contributed by atoms with Gasteiger partial charge in [0.25, 0.3) is 5.91 Å². The van der Waals surface area contributed by atoms with E-state index in [0.29, 0.717) is 23.4 Å². The quantitative estimate of drug-likeness (QED) is 0.634. The van der Waals surface area contributed by atoms with E-state index in [4.69, 9.17) is 9.47 Å². The highest BCUT2D eigenvalue weighted by Crippen LogP contribution is 2.48. The number of fused-ring (bicyclic) bond motifs is 1.